The summed E-state index contributed by atoms with van der Waals surface area (Å²) >= 11 is 23.6. The molecule has 0 radical (unpaired) electrons. The summed E-state index contributed by atoms with van der Waals surface area (Å²) in [6.07, 6.45) is 0. The predicted octanol–water partition coefficient (Wildman–Crippen LogP) is 5.69. The number of hydrogen-bond acceptors (Lipinski definition) is 3. The summed E-state index contributed by atoms with van der Waals surface area (Å²) < 4.78 is 4.09. The van der Waals surface area contributed by atoms with Crippen molar-refractivity contribution < 1.29 is 4.74 Å². The molecule has 23 heavy (non-hydrogen) atoms. The highest BCUT2D eigenvalue weighted by Crippen LogP contribution is 2.38. The van der Waals surface area contributed by atoms with Crippen LogP contribution in [-0.4, -0.2) is 9.97 Å². The minimum Gasteiger partial charge on any atom is -0.472 e. The third-order valence-electron chi connectivity index (χ3n) is 3.11. The van der Waals surface area contributed by atoms with Crippen molar-refractivity contribution in [2.45, 2.75) is 10.4 Å². The van der Waals surface area contributed by atoms with Crippen molar-refractivity contribution in [3.63, 3.8) is 0 Å². The first-order valence-corrected chi connectivity index (χ1v) is 8.16. The van der Waals surface area contributed by atoms with Gasteiger partial charge in [-0.2, -0.15) is 4.98 Å². The fourth-order valence-corrected chi connectivity index (χ4v) is 2.40. The highest BCUT2D eigenvalue weighted by molar-refractivity contribution is 6.66. The standard InChI is InChI=1S/C16H10Cl4N2O/c17-11-7-5-10(6-8-11)9-23-14-12-3-1-2-4-13(12)21-15(22-14)16(18,19)20/h1-8H,9H2. The predicted molar refractivity (Wildman–Crippen MR) is 94.6 cm³/mol. The number of benzene rings is 2. The van der Waals surface area contributed by atoms with Gasteiger partial charge >= 0.3 is 0 Å². The Morgan fingerprint density at radius 1 is 0.913 bits per heavy atom. The molecular weight excluding hydrogens is 378 g/mol. The van der Waals surface area contributed by atoms with Gasteiger partial charge < -0.3 is 4.74 Å². The van der Waals surface area contributed by atoms with E-state index in [2.05, 4.69) is 9.97 Å². The zero-order chi connectivity index (χ0) is 16.4. The van der Waals surface area contributed by atoms with E-state index in [1.54, 1.807) is 12.1 Å². The van der Waals surface area contributed by atoms with E-state index in [1.165, 1.54) is 0 Å². The second-order valence-corrected chi connectivity index (χ2v) is 7.50. The lowest BCUT2D eigenvalue weighted by atomic mass is 10.2. The molecule has 1 aromatic heterocycles. The maximum atomic E-state index is 5.90. The van der Waals surface area contributed by atoms with Crippen molar-refractivity contribution in [2.75, 3.05) is 0 Å². The number of para-hydroxylation sites is 1. The molecule has 0 aliphatic carbocycles. The molecular formula is C16H10Cl4N2O. The quantitative estimate of drug-likeness (QED) is 0.541. The Balaban J connectivity index is 1.96. The lowest BCUT2D eigenvalue weighted by Crippen LogP contribution is -2.09. The Kier molecular flexibility index (Phi) is 4.83. The minimum absolute atomic E-state index is 0.0762. The molecule has 3 rings (SSSR count). The second kappa shape index (κ2) is 6.70. The molecule has 2 aromatic carbocycles. The summed E-state index contributed by atoms with van der Waals surface area (Å²) in [6, 6.07) is 14.7. The average Bonchev–Trinajstić information content (AvgIpc) is 2.53. The van der Waals surface area contributed by atoms with Gasteiger partial charge in [-0.15, -0.1) is 0 Å². The summed E-state index contributed by atoms with van der Waals surface area (Å²) in [5.74, 6) is 0.444. The average molecular weight is 388 g/mol. The molecule has 0 amide bonds. The van der Waals surface area contributed by atoms with Crippen LogP contribution in [0.15, 0.2) is 48.5 Å². The van der Waals surface area contributed by atoms with Crippen molar-refractivity contribution >= 4 is 57.3 Å². The van der Waals surface area contributed by atoms with Gasteiger partial charge in [-0.05, 0) is 29.8 Å². The number of halogens is 4. The van der Waals surface area contributed by atoms with Gasteiger partial charge in [0.15, 0.2) is 5.82 Å². The first-order valence-electron chi connectivity index (χ1n) is 6.65. The van der Waals surface area contributed by atoms with Crippen LogP contribution < -0.4 is 4.74 Å². The van der Waals surface area contributed by atoms with Crippen LogP contribution in [0.2, 0.25) is 5.02 Å². The van der Waals surface area contributed by atoms with E-state index in [0.717, 1.165) is 10.9 Å². The molecule has 0 aliphatic heterocycles. The summed E-state index contributed by atoms with van der Waals surface area (Å²) in [7, 11) is 0. The van der Waals surface area contributed by atoms with Crippen LogP contribution in [0.3, 0.4) is 0 Å². The Bertz CT molecular complexity index is 832. The summed E-state index contributed by atoms with van der Waals surface area (Å²) in [5, 5.41) is 1.42. The second-order valence-electron chi connectivity index (χ2n) is 4.78. The lowest BCUT2D eigenvalue weighted by Gasteiger charge is -2.14. The van der Waals surface area contributed by atoms with Crippen molar-refractivity contribution in [3.05, 3.63) is 64.9 Å². The summed E-state index contributed by atoms with van der Waals surface area (Å²) in [5.41, 5.74) is 1.60. The molecule has 0 bridgehead atoms. The van der Waals surface area contributed by atoms with Gasteiger partial charge in [-0.25, -0.2) is 4.98 Å². The smallest absolute Gasteiger partial charge is 0.250 e. The fourth-order valence-electron chi connectivity index (χ4n) is 2.02. The van der Waals surface area contributed by atoms with Crippen LogP contribution in [0.4, 0.5) is 0 Å². The number of fused-ring (bicyclic) bond motifs is 1. The Labute approximate surface area is 153 Å². The highest BCUT2D eigenvalue weighted by atomic mass is 35.6. The van der Waals surface area contributed by atoms with Crippen LogP contribution in [0.1, 0.15) is 11.4 Å². The molecule has 0 saturated carbocycles. The van der Waals surface area contributed by atoms with Crippen LogP contribution >= 0.6 is 46.4 Å². The molecule has 0 fully saturated rings. The number of hydrogen-bond donors (Lipinski definition) is 0. The molecule has 3 nitrogen and oxygen atoms in total. The zero-order valence-electron chi connectivity index (χ0n) is 11.6. The molecule has 1 heterocycles. The molecule has 0 spiro atoms. The van der Waals surface area contributed by atoms with E-state index in [1.807, 2.05) is 36.4 Å². The van der Waals surface area contributed by atoms with Crippen LogP contribution in [0.5, 0.6) is 5.88 Å². The third-order valence-corrected chi connectivity index (χ3v) is 3.87. The first kappa shape index (κ1) is 16.6. The zero-order valence-corrected chi connectivity index (χ0v) is 14.7. The normalized spacial score (nSPS) is 11.7. The molecule has 0 atom stereocenters. The van der Waals surface area contributed by atoms with Crippen LogP contribution in [0.25, 0.3) is 10.9 Å². The number of aromatic nitrogens is 2. The lowest BCUT2D eigenvalue weighted by molar-refractivity contribution is 0.296. The van der Waals surface area contributed by atoms with E-state index in [-0.39, 0.29) is 5.82 Å². The maximum absolute atomic E-state index is 5.90. The van der Waals surface area contributed by atoms with E-state index in [0.29, 0.717) is 23.0 Å². The molecule has 0 saturated heterocycles. The Morgan fingerprint density at radius 2 is 1.61 bits per heavy atom. The molecule has 0 unspecified atom stereocenters. The molecule has 7 heteroatoms. The van der Waals surface area contributed by atoms with Crippen molar-refractivity contribution in [1.29, 1.82) is 0 Å². The third kappa shape index (κ3) is 3.99. The largest absolute Gasteiger partial charge is 0.472 e. The SMILES string of the molecule is Clc1ccc(COc2nc(C(Cl)(Cl)Cl)nc3ccccc23)cc1. The van der Waals surface area contributed by atoms with E-state index < -0.39 is 3.79 Å². The van der Waals surface area contributed by atoms with Gasteiger partial charge in [0.25, 0.3) is 0 Å². The summed E-state index contributed by atoms with van der Waals surface area (Å²) in [6.45, 7) is 0.317. The van der Waals surface area contributed by atoms with Crippen molar-refractivity contribution in [3.8, 4) is 5.88 Å². The molecule has 118 valence electrons. The Hall–Kier alpha value is -1.26. The van der Waals surface area contributed by atoms with Gasteiger partial charge in [0.2, 0.25) is 9.67 Å². The van der Waals surface area contributed by atoms with Crippen molar-refractivity contribution in [1.82, 2.24) is 9.97 Å². The highest BCUT2D eigenvalue weighted by Gasteiger charge is 2.28. The monoisotopic (exact) mass is 386 g/mol. The first-order chi connectivity index (χ1) is 10.9. The van der Waals surface area contributed by atoms with Crippen LogP contribution in [-0.2, 0) is 10.4 Å². The summed E-state index contributed by atoms with van der Waals surface area (Å²) in [4.78, 5) is 8.52. The van der Waals surface area contributed by atoms with E-state index >= 15 is 0 Å². The number of ether oxygens (including phenoxy) is 1. The van der Waals surface area contributed by atoms with Crippen molar-refractivity contribution in [2.24, 2.45) is 0 Å². The minimum atomic E-state index is -1.72. The molecule has 3 aromatic rings. The van der Waals surface area contributed by atoms with Gasteiger partial charge in [-0.3, -0.25) is 0 Å². The number of rotatable bonds is 3. The van der Waals surface area contributed by atoms with Crippen LogP contribution in [0, 0.1) is 0 Å². The maximum Gasteiger partial charge on any atom is 0.250 e. The number of nitrogens with zero attached hydrogens (tertiary/aromatic N) is 2. The Morgan fingerprint density at radius 3 is 2.30 bits per heavy atom. The van der Waals surface area contributed by atoms with E-state index in [4.69, 9.17) is 51.1 Å². The molecule has 0 N–H and O–H groups in total. The number of alkyl halides is 3. The van der Waals surface area contributed by atoms with Gasteiger partial charge in [0, 0.05) is 5.02 Å². The van der Waals surface area contributed by atoms with E-state index in [9.17, 15) is 0 Å². The topological polar surface area (TPSA) is 35.0 Å². The van der Waals surface area contributed by atoms with Gasteiger partial charge in [0.1, 0.15) is 6.61 Å². The fraction of sp³-hybridized carbons (Fsp3) is 0.125. The van der Waals surface area contributed by atoms with Gasteiger partial charge in [0.05, 0.1) is 10.9 Å². The van der Waals surface area contributed by atoms with Gasteiger partial charge in [-0.1, -0.05) is 70.7 Å². The molecule has 0 aliphatic rings.